The van der Waals surface area contributed by atoms with E-state index in [4.69, 9.17) is 21.7 Å². The molecule has 0 saturated carbocycles. The van der Waals surface area contributed by atoms with Gasteiger partial charge in [-0.05, 0) is 69.6 Å². The average Bonchev–Trinajstić information content (AvgIpc) is 3.04. The molecule has 152 valence electrons. The highest BCUT2D eigenvalue weighted by molar-refractivity contribution is 14.1. The fraction of sp³-hybridized carbons (Fsp3) is 0.130. The molecule has 3 aromatic rings. The van der Waals surface area contributed by atoms with Crippen molar-refractivity contribution in [2.75, 3.05) is 6.61 Å². The fourth-order valence-electron chi connectivity index (χ4n) is 3.21. The molecule has 7 heteroatoms. The maximum atomic E-state index is 12.0. The van der Waals surface area contributed by atoms with Crippen LogP contribution in [0.3, 0.4) is 0 Å². The summed E-state index contributed by atoms with van der Waals surface area (Å²) in [5.41, 5.74) is 1.98. The van der Waals surface area contributed by atoms with Crippen molar-refractivity contribution in [3.8, 4) is 11.5 Å². The van der Waals surface area contributed by atoms with E-state index in [0.717, 1.165) is 14.7 Å². The van der Waals surface area contributed by atoms with E-state index in [-0.39, 0.29) is 5.91 Å². The van der Waals surface area contributed by atoms with Crippen molar-refractivity contribution in [2.24, 2.45) is 0 Å². The number of rotatable bonds is 6. The van der Waals surface area contributed by atoms with Crippen LogP contribution < -0.4 is 14.8 Å². The smallest absolute Gasteiger partial charge is 0.263 e. The third kappa shape index (κ3) is 4.63. The zero-order chi connectivity index (χ0) is 21.1. The van der Waals surface area contributed by atoms with E-state index in [2.05, 4.69) is 52.2 Å². The molecule has 0 bridgehead atoms. The lowest BCUT2D eigenvalue weighted by Crippen LogP contribution is -2.17. The molecule has 3 aromatic carbocycles. The van der Waals surface area contributed by atoms with Crippen molar-refractivity contribution >= 4 is 73.6 Å². The Morgan fingerprint density at radius 2 is 1.93 bits per heavy atom. The maximum Gasteiger partial charge on any atom is 0.263 e. The molecule has 1 fully saturated rings. The molecular formula is C23H18INO3S2. The highest BCUT2D eigenvalue weighted by Gasteiger charge is 2.22. The normalized spacial score (nSPS) is 14.9. The molecule has 1 aliphatic heterocycles. The van der Waals surface area contributed by atoms with Crippen LogP contribution in [0.2, 0.25) is 0 Å². The summed E-state index contributed by atoms with van der Waals surface area (Å²) in [5.74, 6) is 1.18. The molecule has 30 heavy (non-hydrogen) atoms. The van der Waals surface area contributed by atoms with Crippen LogP contribution >= 0.6 is 46.6 Å². The van der Waals surface area contributed by atoms with Gasteiger partial charge >= 0.3 is 0 Å². The summed E-state index contributed by atoms with van der Waals surface area (Å²) < 4.78 is 13.5. The number of ether oxygens (including phenoxy) is 2. The van der Waals surface area contributed by atoms with E-state index in [1.54, 1.807) is 0 Å². The molecule has 0 aliphatic carbocycles. The Labute approximate surface area is 198 Å². The second-order valence-corrected chi connectivity index (χ2v) is 9.42. The van der Waals surface area contributed by atoms with Crippen LogP contribution in [0.4, 0.5) is 0 Å². The molecule has 1 amide bonds. The lowest BCUT2D eigenvalue weighted by atomic mass is 10.1. The monoisotopic (exact) mass is 547 g/mol. The molecule has 1 N–H and O–H groups in total. The number of amides is 1. The predicted molar refractivity (Wildman–Crippen MR) is 135 cm³/mol. The summed E-state index contributed by atoms with van der Waals surface area (Å²) in [7, 11) is 0. The van der Waals surface area contributed by atoms with Gasteiger partial charge in [-0.2, -0.15) is 0 Å². The second-order valence-electron chi connectivity index (χ2n) is 6.54. The number of benzene rings is 3. The molecule has 0 atom stereocenters. The first-order valence-corrected chi connectivity index (χ1v) is 11.7. The van der Waals surface area contributed by atoms with Crippen molar-refractivity contribution in [1.29, 1.82) is 0 Å². The van der Waals surface area contributed by atoms with Gasteiger partial charge in [0.1, 0.15) is 10.9 Å². The Morgan fingerprint density at radius 3 is 2.70 bits per heavy atom. The van der Waals surface area contributed by atoms with Gasteiger partial charge in [0, 0.05) is 0 Å². The summed E-state index contributed by atoms with van der Waals surface area (Å²) >= 11 is 8.57. The number of carbonyl (C=O) groups excluding carboxylic acids is 1. The molecule has 4 rings (SSSR count). The molecule has 0 radical (unpaired) electrons. The molecule has 0 aromatic heterocycles. The highest BCUT2D eigenvalue weighted by Crippen LogP contribution is 2.37. The standard InChI is InChI=1S/C23H18INO3S2/c1-2-27-19-11-14(12-20-22(26)25-23(29)30-20)10-18(24)21(19)28-13-16-8-5-7-15-6-3-4-9-17(15)16/h3-12H,2,13H2,1H3,(H,25,26,29)/b20-12+. The van der Waals surface area contributed by atoms with Crippen molar-refractivity contribution in [2.45, 2.75) is 13.5 Å². The Kier molecular flexibility index (Phi) is 6.60. The second kappa shape index (κ2) is 9.36. The van der Waals surface area contributed by atoms with Crippen LogP contribution in [0, 0.1) is 3.57 Å². The summed E-state index contributed by atoms with van der Waals surface area (Å²) in [6.07, 6.45) is 1.82. The number of carbonyl (C=O) groups is 1. The van der Waals surface area contributed by atoms with E-state index in [0.29, 0.717) is 33.9 Å². The van der Waals surface area contributed by atoms with Crippen LogP contribution in [0.5, 0.6) is 11.5 Å². The Bertz CT molecular complexity index is 1170. The van der Waals surface area contributed by atoms with Gasteiger partial charge in [0.25, 0.3) is 5.91 Å². The third-order valence-electron chi connectivity index (χ3n) is 4.52. The maximum absolute atomic E-state index is 12.0. The molecule has 4 nitrogen and oxygen atoms in total. The van der Waals surface area contributed by atoms with Gasteiger partial charge in [-0.15, -0.1) is 0 Å². The minimum absolute atomic E-state index is 0.172. The molecule has 1 aliphatic rings. The van der Waals surface area contributed by atoms with Crippen LogP contribution in [0.15, 0.2) is 59.5 Å². The van der Waals surface area contributed by atoms with Crippen molar-refractivity contribution in [3.63, 3.8) is 0 Å². The largest absolute Gasteiger partial charge is 0.490 e. The zero-order valence-corrected chi connectivity index (χ0v) is 19.9. The first kappa shape index (κ1) is 21.1. The summed E-state index contributed by atoms with van der Waals surface area (Å²) in [5, 5.41) is 5.00. The topological polar surface area (TPSA) is 47.6 Å². The van der Waals surface area contributed by atoms with E-state index in [1.807, 2.05) is 43.3 Å². The lowest BCUT2D eigenvalue weighted by Gasteiger charge is -2.16. The SMILES string of the molecule is CCOc1cc(/C=C2/SC(=S)NC2=O)cc(I)c1OCc1cccc2ccccc12. The number of halogens is 1. The first-order chi connectivity index (χ1) is 14.5. The summed E-state index contributed by atoms with van der Waals surface area (Å²) in [6.45, 7) is 2.88. The molecule has 1 heterocycles. The molecule has 1 saturated heterocycles. The number of hydrogen-bond acceptors (Lipinski definition) is 5. The Morgan fingerprint density at radius 1 is 1.13 bits per heavy atom. The number of nitrogens with one attached hydrogen (secondary N) is 1. The van der Waals surface area contributed by atoms with Gasteiger partial charge in [0.2, 0.25) is 0 Å². The van der Waals surface area contributed by atoms with Crippen LogP contribution in [0.1, 0.15) is 18.1 Å². The predicted octanol–water partition coefficient (Wildman–Crippen LogP) is 5.91. The van der Waals surface area contributed by atoms with E-state index >= 15 is 0 Å². The van der Waals surface area contributed by atoms with E-state index in [1.165, 1.54) is 22.5 Å². The average molecular weight is 547 g/mol. The van der Waals surface area contributed by atoms with Crippen molar-refractivity contribution in [3.05, 3.63) is 74.2 Å². The molecule has 0 unspecified atom stereocenters. The summed E-state index contributed by atoms with van der Waals surface area (Å²) in [6, 6.07) is 18.4. The van der Waals surface area contributed by atoms with Gasteiger partial charge in [0.15, 0.2) is 11.5 Å². The van der Waals surface area contributed by atoms with Gasteiger partial charge in [-0.3, -0.25) is 4.79 Å². The van der Waals surface area contributed by atoms with Gasteiger partial charge < -0.3 is 14.8 Å². The van der Waals surface area contributed by atoms with Crippen LogP contribution in [0.25, 0.3) is 16.8 Å². The van der Waals surface area contributed by atoms with E-state index in [9.17, 15) is 4.79 Å². The minimum atomic E-state index is -0.172. The van der Waals surface area contributed by atoms with Crippen molar-refractivity contribution < 1.29 is 14.3 Å². The van der Waals surface area contributed by atoms with Gasteiger partial charge in [-0.25, -0.2) is 0 Å². The zero-order valence-electron chi connectivity index (χ0n) is 16.1. The number of fused-ring (bicyclic) bond motifs is 1. The van der Waals surface area contributed by atoms with Crippen molar-refractivity contribution in [1.82, 2.24) is 5.32 Å². The highest BCUT2D eigenvalue weighted by atomic mass is 127. The number of thiocarbonyl (C=S) groups is 1. The lowest BCUT2D eigenvalue weighted by molar-refractivity contribution is -0.115. The van der Waals surface area contributed by atoms with Crippen LogP contribution in [-0.4, -0.2) is 16.8 Å². The number of hydrogen-bond donors (Lipinski definition) is 1. The quantitative estimate of drug-likeness (QED) is 0.236. The van der Waals surface area contributed by atoms with Gasteiger partial charge in [-0.1, -0.05) is 66.4 Å². The number of thioether (sulfide) groups is 1. The Hall–Kier alpha value is -2.10. The third-order valence-corrected chi connectivity index (χ3v) is 6.49. The van der Waals surface area contributed by atoms with Gasteiger partial charge in [0.05, 0.1) is 15.1 Å². The fourth-order valence-corrected chi connectivity index (χ4v) is 5.04. The Balaban J connectivity index is 1.63. The summed E-state index contributed by atoms with van der Waals surface area (Å²) in [4.78, 5) is 12.5. The van der Waals surface area contributed by atoms with E-state index < -0.39 is 0 Å². The first-order valence-electron chi connectivity index (χ1n) is 9.36. The molecule has 0 spiro atoms. The van der Waals surface area contributed by atoms with Crippen LogP contribution in [-0.2, 0) is 11.4 Å². The molecular weight excluding hydrogens is 529 g/mol. The minimum Gasteiger partial charge on any atom is -0.490 e.